The first-order valence-corrected chi connectivity index (χ1v) is 11.2. The molecule has 9 heteroatoms. The number of urea groups is 1. The van der Waals surface area contributed by atoms with Gasteiger partial charge in [-0.3, -0.25) is 14.9 Å². The normalized spacial score (nSPS) is 14.9. The number of hydrogen-bond donors (Lipinski definition) is 1. The van der Waals surface area contributed by atoms with Crippen molar-refractivity contribution in [2.45, 2.75) is 13.3 Å². The van der Waals surface area contributed by atoms with E-state index in [1.54, 1.807) is 49.4 Å². The highest BCUT2D eigenvalue weighted by Gasteiger charge is 2.37. The number of nitrogens with zero attached hydrogens (tertiary/aromatic N) is 1. The van der Waals surface area contributed by atoms with Crippen LogP contribution in [0.25, 0.3) is 6.08 Å². The molecular formula is C26H19Cl2FN2O4. The molecule has 4 amide bonds. The number of ether oxygens (including phenoxy) is 1. The summed E-state index contributed by atoms with van der Waals surface area (Å²) in [6, 6.07) is 13.3. The first-order valence-electron chi connectivity index (χ1n) is 10.5. The number of carbonyl (C=O) groups excluding carboxylic acids is 3. The predicted molar refractivity (Wildman–Crippen MR) is 132 cm³/mol. The minimum Gasteiger partial charge on any atom is -0.496 e. The Kier molecular flexibility index (Phi) is 6.91. The van der Waals surface area contributed by atoms with Crippen LogP contribution in [0.4, 0.5) is 14.9 Å². The zero-order valence-corrected chi connectivity index (χ0v) is 20.2. The molecule has 1 fully saturated rings. The molecule has 178 valence electrons. The average molecular weight is 513 g/mol. The van der Waals surface area contributed by atoms with Crippen molar-refractivity contribution < 1.29 is 23.5 Å². The van der Waals surface area contributed by atoms with E-state index in [1.807, 2.05) is 0 Å². The van der Waals surface area contributed by atoms with Gasteiger partial charge in [-0.25, -0.2) is 14.1 Å². The lowest BCUT2D eigenvalue weighted by atomic mass is 10.00. The van der Waals surface area contributed by atoms with Crippen molar-refractivity contribution in [2.24, 2.45) is 0 Å². The van der Waals surface area contributed by atoms with E-state index < -0.39 is 17.8 Å². The average Bonchev–Trinajstić information content (AvgIpc) is 2.81. The molecule has 1 N–H and O–H groups in total. The van der Waals surface area contributed by atoms with E-state index in [0.29, 0.717) is 33.0 Å². The summed E-state index contributed by atoms with van der Waals surface area (Å²) in [6.45, 7) is 1.71. The molecule has 3 aromatic carbocycles. The number of hydrogen-bond acceptors (Lipinski definition) is 4. The van der Waals surface area contributed by atoms with E-state index in [4.69, 9.17) is 27.9 Å². The largest absolute Gasteiger partial charge is 0.496 e. The SMILES string of the molecule is COc1cc(/C=C2\C(=O)NC(=O)N(c3cc(Cl)ccc3C)C2=O)cc(Cl)c1Cc1ccccc1F. The molecule has 0 saturated carbocycles. The van der Waals surface area contributed by atoms with Crippen LogP contribution in [0.3, 0.4) is 0 Å². The van der Waals surface area contributed by atoms with Crippen molar-refractivity contribution in [3.8, 4) is 5.75 Å². The Bertz CT molecular complexity index is 1400. The second-order valence-corrected chi connectivity index (χ2v) is 8.68. The molecule has 6 nitrogen and oxygen atoms in total. The summed E-state index contributed by atoms with van der Waals surface area (Å²) in [7, 11) is 1.44. The fourth-order valence-corrected chi connectivity index (χ4v) is 4.22. The predicted octanol–water partition coefficient (Wildman–Crippen LogP) is 5.71. The highest BCUT2D eigenvalue weighted by molar-refractivity contribution is 6.40. The third-order valence-electron chi connectivity index (χ3n) is 5.55. The third-order valence-corrected chi connectivity index (χ3v) is 6.12. The maximum Gasteiger partial charge on any atom is 0.335 e. The van der Waals surface area contributed by atoms with Crippen molar-refractivity contribution >= 4 is 52.8 Å². The van der Waals surface area contributed by atoms with Gasteiger partial charge in [0.25, 0.3) is 11.8 Å². The number of imide groups is 2. The quantitative estimate of drug-likeness (QED) is 0.351. The molecule has 0 aromatic heterocycles. The van der Waals surface area contributed by atoms with Crippen LogP contribution in [0.15, 0.2) is 60.2 Å². The molecule has 0 atom stereocenters. The van der Waals surface area contributed by atoms with Crippen LogP contribution in [-0.2, 0) is 16.0 Å². The van der Waals surface area contributed by atoms with Gasteiger partial charge in [0.05, 0.1) is 12.8 Å². The standard InChI is InChI=1S/C26H19Cl2FN2O4/c1-14-7-8-17(27)13-22(14)31-25(33)19(24(32)30-26(31)34)9-15-10-20(28)18(23(11-15)35-2)12-16-5-3-4-6-21(16)29/h3-11,13H,12H2,1-2H3,(H,30,32,34)/b19-9+. The number of nitrogens with one attached hydrogen (secondary N) is 1. The number of carbonyl (C=O) groups is 3. The number of barbiturate groups is 1. The summed E-state index contributed by atoms with van der Waals surface area (Å²) in [5.41, 5.74) is 1.98. The second kappa shape index (κ2) is 9.90. The van der Waals surface area contributed by atoms with Gasteiger partial charge in [0.1, 0.15) is 17.1 Å². The van der Waals surface area contributed by atoms with Crippen molar-refractivity contribution in [3.05, 3.63) is 98.3 Å². The van der Waals surface area contributed by atoms with Gasteiger partial charge in [-0.15, -0.1) is 0 Å². The molecule has 4 rings (SSSR count). The molecule has 1 heterocycles. The number of anilines is 1. The van der Waals surface area contributed by atoms with E-state index in [1.165, 1.54) is 25.3 Å². The van der Waals surface area contributed by atoms with Crippen LogP contribution >= 0.6 is 23.2 Å². The zero-order chi connectivity index (χ0) is 25.3. The monoisotopic (exact) mass is 512 g/mol. The summed E-state index contributed by atoms with van der Waals surface area (Å²) in [6.07, 6.45) is 1.50. The zero-order valence-electron chi connectivity index (χ0n) is 18.7. The highest BCUT2D eigenvalue weighted by atomic mass is 35.5. The Labute approximate surface area is 210 Å². The van der Waals surface area contributed by atoms with E-state index in [-0.39, 0.29) is 28.5 Å². The molecular weight excluding hydrogens is 494 g/mol. The van der Waals surface area contributed by atoms with Crippen LogP contribution in [0.5, 0.6) is 5.75 Å². The number of benzene rings is 3. The van der Waals surface area contributed by atoms with Gasteiger partial charge in [0.15, 0.2) is 0 Å². The van der Waals surface area contributed by atoms with Gasteiger partial charge in [0.2, 0.25) is 0 Å². The van der Waals surface area contributed by atoms with E-state index in [2.05, 4.69) is 5.32 Å². The molecule has 0 unspecified atom stereocenters. The smallest absolute Gasteiger partial charge is 0.335 e. The molecule has 0 radical (unpaired) electrons. The summed E-state index contributed by atoms with van der Waals surface area (Å²) in [4.78, 5) is 39.1. The lowest BCUT2D eigenvalue weighted by Crippen LogP contribution is -2.54. The van der Waals surface area contributed by atoms with Gasteiger partial charge in [-0.2, -0.15) is 0 Å². The maximum atomic E-state index is 14.2. The number of methoxy groups -OCH3 is 1. The van der Waals surface area contributed by atoms with Crippen LogP contribution in [0.1, 0.15) is 22.3 Å². The first kappa shape index (κ1) is 24.4. The molecule has 35 heavy (non-hydrogen) atoms. The lowest BCUT2D eigenvalue weighted by molar-refractivity contribution is -0.122. The number of rotatable bonds is 5. The van der Waals surface area contributed by atoms with Crippen molar-refractivity contribution in [2.75, 3.05) is 12.0 Å². The number of aryl methyl sites for hydroxylation is 1. The molecule has 0 bridgehead atoms. The van der Waals surface area contributed by atoms with Gasteiger partial charge in [-0.1, -0.05) is 47.5 Å². The summed E-state index contributed by atoms with van der Waals surface area (Å²) in [5, 5.41) is 2.77. The Morgan fingerprint density at radius 1 is 1.06 bits per heavy atom. The van der Waals surface area contributed by atoms with Gasteiger partial charge in [0, 0.05) is 22.0 Å². The van der Waals surface area contributed by atoms with E-state index >= 15 is 0 Å². The van der Waals surface area contributed by atoms with E-state index in [9.17, 15) is 18.8 Å². The van der Waals surface area contributed by atoms with Crippen molar-refractivity contribution in [1.82, 2.24) is 5.32 Å². The Hall–Kier alpha value is -3.68. The van der Waals surface area contributed by atoms with Crippen LogP contribution in [-0.4, -0.2) is 25.0 Å². The summed E-state index contributed by atoms with van der Waals surface area (Å²) in [5.74, 6) is -1.67. The Morgan fingerprint density at radius 2 is 1.80 bits per heavy atom. The first-order chi connectivity index (χ1) is 16.7. The highest BCUT2D eigenvalue weighted by Crippen LogP contribution is 2.33. The molecule has 3 aromatic rings. The Morgan fingerprint density at radius 3 is 2.51 bits per heavy atom. The van der Waals surface area contributed by atoms with Crippen LogP contribution in [0, 0.1) is 12.7 Å². The van der Waals surface area contributed by atoms with E-state index in [0.717, 1.165) is 4.90 Å². The molecule has 1 saturated heterocycles. The maximum absolute atomic E-state index is 14.2. The summed E-state index contributed by atoms with van der Waals surface area (Å²) < 4.78 is 19.6. The molecule has 1 aliphatic rings. The van der Waals surface area contributed by atoms with Gasteiger partial charge in [-0.05, 0) is 60.0 Å². The minimum atomic E-state index is -0.877. The Balaban J connectivity index is 1.73. The second-order valence-electron chi connectivity index (χ2n) is 7.84. The van der Waals surface area contributed by atoms with Gasteiger partial charge >= 0.3 is 6.03 Å². The molecule has 0 aliphatic carbocycles. The van der Waals surface area contributed by atoms with Gasteiger partial charge < -0.3 is 4.74 Å². The lowest BCUT2D eigenvalue weighted by Gasteiger charge is -2.27. The summed E-state index contributed by atoms with van der Waals surface area (Å²) >= 11 is 12.6. The fourth-order valence-electron chi connectivity index (χ4n) is 3.77. The number of halogens is 3. The minimum absolute atomic E-state index is 0.182. The van der Waals surface area contributed by atoms with Crippen molar-refractivity contribution in [1.29, 1.82) is 0 Å². The molecule has 1 aliphatic heterocycles. The third kappa shape index (κ3) is 4.92. The van der Waals surface area contributed by atoms with Crippen LogP contribution < -0.4 is 15.0 Å². The topological polar surface area (TPSA) is 75.7 Å². The number of amides is 4. The fraction of sp³-hybridized carbons (Fsp3) is 0.115. The van der Waals surface area contributed by atoms with Crippen LogP contribution in [0.2, 0.25) is 10.0 Å². The molecule has 0 spiro atoms. The van der Waals surface area contributed by atoms with Crippen molar-refractivity contribution in [3.63, 3.8) is 0 Å².